The molecule has 0 radical (unpaired) electrons. The van der Waals surface area contributed by atoms with Crippen molar-refractivity contribution in [1.29, 1.82) is 0 Å². The Balaban J connectivity index is 2.89. The summed E-state index contributed by atoms with van der Waals surface area (Å²) in [4.78, 5) is 11.5. The number of carbonyl (C=O) groups excluding carboxylic acids is 1. The Morgan fingerprint density at radius 1 is 1.24 bits per heavy atom. The number of nitrogens with two attached hydrogens (primary N) is 1. The third-order valence-corrected chi connectivity index (χ3v) is 4.15. The molecule has 0 heterocycles. The highest BCUT2D eigenvalue weighted by molar-refractivity contribution is 7.89. The monoisotopic (exact) mass is 355 g/mol. The minimum absolute atomic E-state index is 0.00505. The molecule has 0 saturated heterocycles. The molecule has 2 N–H and O–H groups in total. The maximum Gasteiger partial charge on any atom is 0.341 e. The molecule has 1 aromatic carbocycles. The molecule has 1 rings (SSSR count). The lowest BCUT2D eigenvalue weighted by molar-refractivity contribution is 0.0319. The lowest BCUT2D eigenvalue weighted by atomic mass is 10.2. The summed E-state index contributed by atoms with van der Waals surface area (Å²) < 4.78 is 32.8. The molecule has 1 aromatic rings. The van der Waals surface area contributed by atoms with Gasteiger partial charge in [-0.3, -0.25) is 0 Å². The molecule has 0 aliphatic heterocycles. The molecule has 0 atom stereocenters. The molecule has 0 amide bonds. The van der Waals surface area contributed by atoms with Gasteiger partial charge in [0.05, 0.1) is 22.2 Å². The predicted molar refractivity (Wildman–Crippen MR) is 79.2 cm³/mol. The van der Waals surface area contributed by atoms with Crippen LogP contribution in [0.25, 0.3) is 0 Å². The maximum atomic E-state index is 11.9. The SMILES string of the molecule is CCCOCCOC(=O)c1c(Cl)ccc(S(N)(=O)=O)c1Cl. The Morgan fingerprint density at radius 3 is 2.48 bits per heavy atom. The number of ether oxygens (including phenoxy) is 2. The van der Waals surface area contributed by atoms with E-state index in [-0.39, 0.29) is 33.7 Å². The molecule has 0 aromatic heterocycles. The molecular formula is C12H15Cl2NO5S. The quantitative estimate of drug-likeness (QED) is 0.597. The molecule has 0 spiro atoms. The maximum absolute atomic E-state index is 11.9. The van der Waals surface area contributed by atoms with E-state index in [4.69, 9.17) is 37.8 Å². The topological polar surface area (TPSA) is 95.7 Å². The van der Waals surface area contributed by atoms with E-state index in [1.54, 1.807) is 0 Å². The van der Waals surface area contributed by atoms with Crippen LogP contribution in [0.5, 0.6) is 0 Å². The second-order valence-corrected chi connectivity index (χ2v) is 6.34. The van der Waals surface area contributed by atoms with E-state index in [9.17, 15) is 13.2 Å². The van der Waals surface area contributed by atoms with Crippen LogP contribution in [-0.2, 0) is 19.5 Å². The zero-order valence-electron chi connectivity index (χ0n) is 11.3. The summed E-state index contributed by atoms with van der Waals surface area (Å²) in [6.07, 6.45) is 0.849. The lowest BCUT2D eigenvalue weighted by Crippen LogP contribution is -2.16. The first-order chi connectivity index (χ1) is 9.79. The van der Waals surface area contributed by atoms with Crippen molar-refractivity contribution in [1.82, 2.24) is 0 Å². The van der Waals surface area contributed by atoms with Gasteiger partial charge in [0.25, 0.3) is 0 Å². The highest BCUT2D eigenvalue weighted by Crippen LogP contribution is 2.31. The molecule has 0 saturated carbocycles. The highest BCUT2D eigenvalue weighted by Gasteiger charge is 2.23. The van der Waals surface area contributed by atoms with Crippen LogP contribution >= 0.6 is 23.2 Å². The molecule has 0 aliphatic carbocycles. The molecule has 0 fully saturated rings. The van der Waals surface area contributed by atoms with Gasteiger partial charge in [-0.2, -0.15) is 0 Å². The number of carbonyl (C=O) groups is 1. The first kappa shape index (κ1) is 18.2. The van der Waals surface area contributed by atoms with E-state index < -0.39 is 16.0 Å². The van der Waals surface area contributed by atoms with Gasteiger partial charge in [0.1, 0.15) is 11.5 Å². The van der Waals surface area contributed by atoms with Crippen LogP contribution in [0.3, 0.4) is 0 Å². The van der Waals surface area contributed by atoms with Crippen LogP contribution in [0, 0.1) is 0 Å². The van der Waals surface area contributed by atoms with Gasteiger partial charge in [-0.25, -0.2) is 18.4 Å². The second-order valence-electron chi connectivity index (χ2n) is 4.03. The minimum Gasteiger partial charge on any atom is -0.460 e. The molecule has 21 heavy (non-hydrogen) atoms. The van der Waals surface area contributed by atoms with Gasteiger partial charge >= 0.3 is 5.97 Å². The van der Waals surface area contributed by atoms with Crippen molar-refractivity contribution in [3.63, 3.8) is 0 Å². The van der Waals surface area contributed by atoms with Gasteiger partial charge in [-0.15, -0.1) is 0 Å². The summed E-state index contributed by atoms with van der Waals surface area (Å²) in [5, 5.41) is 4.63. The second kappa shape index (κ2) is 7.95. The molecule has 118 valence electrons. The van der Waals surface area contributed by atoms with Crippen LogP contribution < -0.4 is 5.14 Å². The first-order valence-electron chi connectivity index (χ1n) is 6.04. The number of primary sulfonamides is 1. The Bertz CT molecular complexity index is 618. The van der Waals surface area contributed by atoms with E-state index in [0.717, 1.165) is 12.5 Å². The Hall–Kier alpha value is -0.860. The van der Waals surface area contributed by atoms with Crippen molar-refractivity contribution in [2.75, 3.05) is 19.8 Å². The van der Waals surface area contributed by atoms with Crippen LogP contribution in [0.4, 0.5) is 0 Å². The van der Waals surface area contributed by atoms with Crippen molar-refractivity contribution in [2.24, 2.45) is 5.14 Å². The van der Waals surface area contributed by atoms with E-state index in [1.165, 1.54) is 6.07 Å². The van der Waals surface area contributed by atoms with Gasteiger partial charge in [-0.05, 0) is 18.6 Å². The summed E-state index contributed by atoms with van der Waals surface area (Å²) in [5.41, 5.74) is -0.236. The molecule has 0 unspecified atom stereocenters. The van der Waals surface area contributed by atoms with Gasteiger partial charge in [0.15, 0.2) is 0 Å². The van der Waals surface area contributed by atoms with E-state index in [1.807, 2.05) is 6.92 Å². The van der Waals surface area contributed by atoms with E-state index in [2.05, 4.69) is 0 Å². The number of hydrogen-bond acceptors (Lipinski definition) is 5. The number of rotatable bonds is 7. The van der Waals surface area contributed by atoms with Crippen molar-refractivity contribution in [3.8, 4) is 0 Å². The van der Waals surface area contributed by atoms with Gasteiger partial charge in [0.2, 0.25) is 10.0 Å². The van der Waals surface area contributed by atoms with Crippen molar-refractivity contribution in [2.45, 2.75) is 18.2 Å². The standard InChI is InChI=1S/C12H15Cl2NO5S/c1-2-5-19-6-7-20-12(16)10-8(13)3-4-9(11(10)14)21(15,17)18/h3-4H,2,5-7H2,1H3,(H2,15,17,18). The summed E-state index contributed by atoms with van der Waals surface area (Å²) in [5.74, 6) is -0.837. The molecule has 9 heteroatoms. The lowest BCUT2D eigenvalue weighted by Gasteiger charge is -2.10. The Labute approximate surface area is 133 Å². The first-order valence-corrected chi connectivity index (χ1v) is 8.35. The molecule has 6 nitrogen and oxygen atoms in total. The minimum atomic E-state index is -4.06. The summed E-state index contributed by atoms with van der Waals surface area (Å²) >= 11 is 11.7. The van der Waals surface area contributed by atoms with Crippen LogP contribution in [-0.4, -0.2) is 34.2 Å². The molecular weight excluding hydrogens is 341 g/mol. The van der Waals surface area contributed by atoms with E-state index in [0.29, 0.717) is 6.61 Å². The fraction of sp³-hybridized carbons (Fsp3) is 0.417. The van der Waals surface area contributed by atoms with Crippen molar-refractivity contribution in [3.05, 3.63) is 27.7 Å². The summed E-state index contributed by atoms with van der Waals surface area (Å²) in [6.45, 7) is 2.74. The van der Waals surface area contributed by atoms with Crippen LogP contribution in [0.2, 0.25) is 10.0 Å². The van der Waals surface area contributed by atoms with Crippen molar-refractivity contribution < 1.29 is 22.7 Å². The number of benzene rings is 1. The summed E-state index contributed by atoms with van der Waals surface area (Å²) in [6, 6.07) is 2.35. The molecule has 0 aliphatic rings. The zero-order chi connectivity index (χ0) is 16.0. The number of sulfonamides is 1. The molecule has 0 bridgehead atoms. The smallest absolute Gasteiger partial charge is 0.341 e. The normalized spacial score (nSPS) is 11.4. The average molecular weight is 356 g/mol. The largest absolute Gasteiger partial charge is 0.460 e. The van der Waals surface area contributed by atoms with Crippen LogP contribution in [0.1, 0.15) is 23.7 Å². The fourth-order valence-electron chi connectivity index (χ4n) is 1.45. The number of halogens is 2. The van der Waals surface area contributed by atoms with Gasteiger partial charge < -0.3 is 9.47 Å². The van der Waals surface area contributed by atoms with Gasteiger partial charge in [-0.1, -0.05) is 30.1 Å². The van der Waals surface area contributed by atoms with Crippen LogP contribution in [0.15, 0.2) is 17.0 Å². The highest BCUT2D eigenvalue weighted by atomic mass is 35.5. The third-order valence-electron chi connectivity index (χ3n) is 2.38. The zero-order valence-corrected chi connectivity index (χ0v) is 13.6. The Kier molecular flexibility index (Phi) is 6.89. The number of hydrogen-bond donors (Lipinski definition) is 1. The Morgan fingerprint density at radius 2 is 1.90 bits per heavy atom. The van der Waals surface area contributed by atoms with E-state index >= 15 is 0 Å². The summed E-state index contributed by atoms with van der Waals surface area (Å²) in [7, 11) is -4.06. The van der Waals surface area contributed by atoms with Crippen molar-refractivity contribution >= 4 is 39.2 Å². The average Bonchev–Trinajstić information content (AvgIpc) is 2.37. The number of esters is 1. The third kappa shape index (κ3) is 5.12. The van der Waals surface area contributed by atoms with Gasteiger partial charge in [0, 0.05) is 6.61 Å². The fourth-order valence-corrected chi connectivity index (χ4v) is 2.91. The predicted octanol–water partition coefficient (Wildman–Crippen LogP) is 2.22.